The number of likely N-dealkylation sites (tertiary alicyclic amines) is 1. The van der Waals surface area contributed by atoms with Crippen molar-refractivity contribution in [2.75, 3.05) is 27.3 Å². The van der Waals surface area contributed by atoms with E-state index >= 15 is 0 Å². The number of amides is 1. The Morgan fingerprint density at radius 2 is 1.65 bits per heavy atom. The van der Waals surface area contributed by atoms with Gasteiger partial charge in [0.25, 0.3) is 0 Å². The predicted molar refractivity (Wildman–Crippen MR) is 147 cm³/mol. The van der Waals surface area contributed by atoms with Gasteiger partial charge in [0.15, 0.2) is 0 Å². The Morgan fingerprint density at radius 1 is 0.892 bits per heavy atom. The summed E-state index contributed by atoms with van der Waals surface area (Å²) in [6.45, 7) is 4.02. The minimum Gasteiger partial charge on any atom is -0.497 e. The van der Waals surface area contributed by atoms with Crippen molar-refractivity contribution in [3.05, 3.63) is 95.7 Å². The van der Waals surface area contributed by atoms with E-state index in [1.54, 1.807) is 14.2 Å². The van der Waals surface area contributed by atoms with E-state index in [2.05, 4.69) is 75.4 Å². The number of fused-ring (bicyclic) bond motifs is 1. The third-order valence-electron chi connectivity index (χ3n) is 7.37. The standard InChI is InChI=1S/C31H35N3O3/c1-36-28-13-12-26(30(19-28)37-2)20-32-31(35)24-14-16-33(17-15-24)22-27-18-25-10-6-7-11-29(25)34(27)21-23-8-4-3-5-9-23/h3-13,18-19,24H,14-17,20-22H2,1-2H3,(H,32,35). The maximum Gasteiger partial charge on any atom is 0.223 e. The number of hydrogen-bond acceptors (Lipinski definition) is 4. The van der Waals surface area contributed by atoms with Crippen LogP contribution in [0.1, 0.15) is 29.7 Å². The van der Waals surface area contributed by atoms with Crippen molar-refractivity contribution >= 4 is 16.8 Å². The monoisotopic (exact) mass is 497 g/mol. The van der Waals surface area contributed by atoms with E-state index in [4.69, 9.17) is 9.47 Å². The molecule has 0 bridgehead atoms. The van der Waals surface area contributed by atoms with Crippen LogP contribution >= 0.6 is 0 Å². The topological polar surface area (TPSA) is 55.7 Å². The van der Waals surface area contributed by atoms with Crippen LogP contribution in [0.2, 0.25) is 0 Å². The molecule has 0 radical (unpaired) electrons. The summed E-state index contributed by atoms with van der Waals surface area (Å²) in [6, 6.07) is 27.2. The lowest BCUT2D eigenvalue weighted by Gasteiger charge is -2.31. The summed E-state index contributed by atoms with van der Waals surface area (Å²) >= 11 is 0. The van der Waals surface area contributed by atoms with Gasteiger partial charge in [-0.25, -0.2) is 0 Å². The zero-order valence-electron chi connectivity index (χ0n) is 21.7. The fourth-order valence-corrected chi connectivity index (χ4v) is 5.26. The quantitative estimate of drug-likeness (QED) is 0.344. The molecular weight excluding hydrogens is 462 g/mol. The van der Waals surface area contributed by atoms with E-state index < -0.39 is 0 Å². The first-order valence-corrected chi connectivity index (χ1v) is 13.0. The van der Waals surface area contributed by atoms with Crippen molar-refractivity contribution in [2.45, 2.75) is 32.5 Å². The molecule has 1 amide bonds. The average molecular weight is 498 g/mol. The Kier molecular flexibility index (Phi) is 7.76. The van der Waals surface area contributed by atoms with Gasteiger partial charge in [0.2, 0.25) is 5.91 Å². The molecule has 1 aliphatic rings. The van der Waals surface area contributed by atoms with Gasteiger partial charge >= 0.3 is 0 Å². The van der Waals surface area contributed by atoms with Crippen molar-refractivity contribution in [1.82, 2.24) is 14.8 Å². The highest BCUT2D eigenvalue weighted by atomic mass is 16.5. The average Bonchev–Trinajstić information content (AvgIpc) is 3.29. The van der Waals surface area contributed by atoms with Crippen molar-refractivity contribution in [1.29, 1.82) is 0 Å². The number of rotatable bonds is 9. The summed E-state index contributed by atoms with van der Waals surface area (Å²) in [5.41, 5.74) is 4.83. The number of methoxy groups -OCH3 is 2. The molecule has 4 aromatic rings. The number of carbonyl (C=O) groups excluding carboxylic acids is 1. The largest absolute Gasteiger partial charge is 0.497 e. The molecule has 1 fully saturated rings. The molecule has 6 nitrogen and oxygen atoms in total. The van der Waals surface area contributed by atoms with Gasteiger partial charge in [-0.2, -0.15) is 0 Å². The number of hydrogen-bond donors (Lipinski definition) is 1. The van der Waals surface area contributed by atoms with Crippen LogP contribution in [0, 0.1) is 5.92 Å². The van der Waals surface area contributed by atoms with Gasteiger partial charge in [0.05, 0.1) is 14.2 Å². The summed E-state index contributed by atoms with van der Waals surface area (Å²) in [5, 5.41) is 4.39. The van der Waals surface area contributed by atoms with Crippen LogP contribution in [0.5, 0.6) is 11.5 Å². The molecule has 2 heterocycles. The number of ether oxygens (including phenoxy) is 2. The van der Waals surface area contributed by atoms with Crippen LogP contribution in [0.25, 0.3) is 10.9 Å². The Hall–Kier alpha value is -3.77. The molecule has 0 aliphatic carbocycles. The number of nitrogens with one attached hydrogen (secondary N) is 1. The zero-order chi connectivity index (χ0) is 25.6. The highest BCUT2D eigenvalue weighted by Crippen LogP contribution is 2.27. The van der Waals surface area contributed by atoms with E-state index in [-0.39, 0.29) is 11.8 Å². The first kappa shape index (κ1) is 24.9. The molecule has 0 saturated carbocycles. The molecule has 1 aromatic heterocycles. The number of benzene rings is 3. The van der Waals surface area contributed by atoms with Gasteiger partial charge in [-0.15, -0.1) is 0 Å². The highest BCUT2D eigenvalue weighted by Gasteiger charge is 2.26. The molecule has 3 aromatic carbocycles. The van der Waals surface area contributed by atoms with Gasteiger partial charge in [0.1, 0.15) is 11.5 Å². The molecule has 1 aliphatic heterocycles. The molecule has 6 heteroatoms. The van der Waals surface area contributed by atoms with Crippen LogP contribution in [-0.2, 0) is 24.4 Å². The molecule has 37 heavy (non-hydrogen) atoms. The summed E-state index contributed by atoms with van der Waals surface area (Å²) in [5.74, 6) is 1.62. The third kappa shape index (κ3) is 5.81. The van der Waals surface area contributed by atoms with Crippen molar-refractivity contribution in [3.63, 3.8) is 0 Å². The molecule has 5 rings (SSSR count). The second kappa shape index (κ2) is 11.5. The van der Waals surface area contributed by atoms with Crippen LogP contribution < -0.4 is 14.8 Å². The lowest BCUT2D eigenvalue weighted by Crippen LogP contribution is -2.40. The second-order valence-electron chi connectivity index (χ2n) is 9.71. The van der Waals surface area contributed by atoms with E-state index in [9.17, 15) is 4.79 Å². The third-order valence-corrected chi connectivity index (χ3v) is 7.37. The second-order valence-corrected chi connectivity index (χ2v) is 9.71. The van der Waals surface area contributed by atoms with E-state index in [0.29, 0.717) is 6.54 Å². The lowest BCUT2D eigenvalue weighted by molar-refractivity contribution is -0.126. The zero-order valence-corrected chi connectivity index (χ0v) is 21.7. The normalized spacial score (nSPS) is 14.5. The summed E-state index contributed by atoms with van der Waals surface area (Å²) in [6.07, 6.45) is 1.73. The Labute approximate surface area is 218 Å². The maximum atomic E-state index is 12.9. The van der Waals surface area contributed by atoms with Gasteiger partial charge in [0, 0.05) is 48.4 Å². The SMILES string of the molecule is COc1ccc(CNC(=O)C2CCN(Cc3cc4ccccc4n3Cc3ccccc3)CC2)c(OC)c1. The van der Waals surface area contributed by atoms with Gasteiger partial charge in [-0.3, -0.25) is 9.69 Å². The first-order valence-electron chi connectivity index (χ1n) is 13.0. The Bertz CT molecular complexity index is 1340. The number of piperidine rings is 1. The smallest absolute Gasteiger partial charge is 0.223 e. The first-order chi connectivity index (χ1) is 18.1. The fraction of sp³-hybridized carbons (Fsp3) is 0.323. The number of para-hydroxylation sites is 1. The van der Waals surface area contributed by atoms with E-state index in [0.717, 1.165) is 56.1 Å². The molecule has 1 N–H and O–H groups in total. The summed E-state index contributed by atoms with van der Waals surface area (Å²) < 4.78 is 13.2. The number of nitrogens with zero attached hydrogens (tertiary/aromatic N) is 2. The highest BCUT2D eigenvalue weighted by molar-refractivity contribution is 5.81. The maximum absolute atomic E-state index is 12.9. The van der Waals surface area contributed by atoms with Crippen LogP contribution in [0.3, 0.4) is 0 Å². The lowest BCUT2D eigenvalue weighted by atomic mass is 9.95. The minimum atomic E-state index is 0.0377. The van der Waals surface area contributed by atoms with Crippen molar-refractivity contribution in [3.8, 4) is 11.5 Å². The summed E-state index contributed by atoms with van der Waals surface area (Å²) in [7, 11) is 3.26. The van der Waals surface area contributed by atoms with Crippen molar-refractivity contribution in [2.24, 2.45) is 5.92 Å². The van der Waals surface area contributed by atoms with Gasteiger partial charge in [-0.05, 0) is 61.1 Å². The van der Waals surface area contributed by atoms with Gasteiger partial charge in [-0.1, -0.05) is 48.5 Å². The predicted octanol–water partition coefficient (Wildman–Crippen LogP) is 5.24. The molecule has 192 valence electrons. The Morgan fingerprint density at radius 3 is 2.41 bits per heavy atom. The van der Waals surface area contributed by atoms with Crippen LogP contribution in [0.15, 0.2) is 78.9 Å². The van der Waals surface area contributed by atoms with Crippen molar-refractivity contribution < 1.29 is 14.3 Å². The Balaban J connectivity index is 1.19. The van der Waals surface area contributed by atoms with Crippen LogP contribution in [0.4, 0.5) is 0 Å². The summed E-state index contributed by atoms with van der Waals surface area (Å²) in [4.78, 5) is 15.4. The number of carbonyl (C=O) groups is 1. The molecule has 0 atom stereocenters. The van der Waals surface area contributed by atoms with E-state index in [1.165, 1.54) is 22.2 Å². The molecule has 1 saturated heterocycles. The van der Waals surface area contributed by atoms with Gasteiger partial charge < -0.3 is 19.4 Å². The fourth-order valence-electron chi connectivity index (χ4n) is 5.26. The number of aromatic nitrogens is 1. The molecule has 0 spiro atoms. The molecular formula is C31H35N3O3. The van der Waals surface area contributed by atoms with E-state index in [1.807, 2.05) is 18.2 Å². The molecule has 0 unspecified atom stereocenters. The minimum absolute atomic E-state index is 0.0377. The van der Waals surface area contributed by atoms with Crippen LogP contribution in [-0.4, -0.2) is 42.7 Å².